The van der Waals surface area contributed by atoms with Crippen molar-refractivity contribution in [2.24, 2.45) is 0 Å². The third kappa shape index (κ3) is 7.41. The second-order valence-electron chi connectivity index (χ2n) is 8.37. The number of hydrogen-bond acceptors (Lipinski definition) is 5. The molecule has 0 unspecified atom stereocenters. The summed E-state index contributed by atoms with van der Waals surface area (Å²) in [4.78, 5) is 17.2. The number of carbonyl (C=O) groups excluding carboxylic acids is 1. The summed E-state index contributed by atoms with van der Waals surface area (Å²) < 4.78 is 27.4. The van der Waals surface area contributed by atoms with Gasteiger partial charge in [0.1, 0.15) is 0 Å². The first-order chi connectivity index (χ1) is 15.3. The van der Waals surface area contributed by atoms with Crippen molar-refractivity contribution in [3.8, 4) is 0 Å². The molecular weight excluding hydrogens is 424 g/mol. The van der Waals surface area contributed by atoms with Crippen LogP contribution in [0.1, 0.15) is 23.1 Å². The Morgan fingerprint density at radius 3 is 2.31 bits per heavy atom. The van der Waals surface area contributed by atoms with Crippen LogP contribution >= 0.6 is 0 Å². The number of piperazine rings is 1. The van der Waals surface area contributed by atoms with Crippen molar-refractivity contribution in [3.05, 3.63) is 65.2 Å². The molecule has 1 amide bonds. The maximum absolute atomic E-state index is 12.5. The number of nitrogens with one attached hydrogen (secondary N) is 2. The van der Waals surface area contributed by atoms with Gasteiger partial charge in [-0.15, -0.1) is 0 Å². The van der Waals surface area contributed by atoms with E-state index >= 15 is 0 Å². The Labute approximate surface area is 191 Å². The number of rotatable bonds is 10. The lowest BCUT2D eigenvalue weighted by atomic mass is 10.2. The monoisotopic (exact) mass is 458 g/mol. The van der Waals surface area contributed by atoms with Crippen LogP contribution < -0.4 is 10.0 Å². The summed E-state index contributed by atoms with van der Waals surface area (Å²) in [6.07, 6.45) is 0.120. The van der Waals surface area contributed by atoms with Crippen LogP contribution in [-0.2, 0) is 21.4 Å². The molecule has 0 aromatic heterocycles. The number of amides is 1. The molecule has 1 saturated heterocycles. The van der Waals surface area contributed by atoms with Crippen LogP contribution in [-0.4, -0.2) is 69.9 Å². The smallest absolute Gasteiger partial charge is 0.240 e. The predicted molar refractivity (Wildman–Crippen MR) is 127 cm³/mol. The van der Waals surface area contributed by atoms with Gasteiger partial charge in [-0.2, -0.15) is 0 Å². The Balaban J connectivity index is 1.30. The molecule has 1 heterocycles. The van der Waals surface area contributed by atoms with Crippen LogP contribution in [0, 0.1) is 13.8 Å². The van der Waals surface area contributed by atoms with Crippen LogP contribution in [0.4, 0.5) is 0 Å². The van der Waals surface area contributed by atoms with E-state index in [9.17, 15) is 13.2 Å². The maximum Gasteiger partial charge on any atom is 0.240 e. The van der Waals surface area contributed by atoms with Gasteiger partial charge < -0.3 is 5.32 Å². The minimum Gasteiger partial charge on any atom is -0.355 e. The molecule has 3 rings (SSSR count). The van der Waals surface area contributed by atoms with E-state index in [1.54, 1.807) is 19.1 Å². The van der Waals surface area contributed by atoms with Gasteiger partial charge >= 0.3 is 0 Å². The van der Waals surface area contributed by atoms with Crippen LogP contribution in [0.3, 0.4) is 0 Å². The number of hydrogen-bond donors (Lipinski definition) is 2. The number of nitrogens with zero attached hydrogens (tertiary/aromatic N) is 2. The predicted octanol–water partition coefficient (Wildman–Crippen LogP) is 1.91. The Morgan fingerprint density at radius 2 is 1.62 bits per heavy atom. The highest BCUT2D eigenvalue weighted by Crippen LogP contribution is 2.16. The molecule has 0 aliphatic carbocycles. The summed E-state index contributed by atoms with van der Waals surface area (Å²) in [5, 5.41) is 2.90. The number of benzene rings is 2. The third-order valence-electron chi connectivity index (χ3n) is 5.73. The van der Waals surface area contributed by atoms with Crippen LogP contribution in [0.5, 0.6) is 0 Å². The van der Waals surface area contributed by atoms with Crippen molar-refractivity contribution >= 4 is 15.9 Å². The number of sulfonamides is 1. The van der Waals surface area contributed by atoms with E-state index in [4.69, 9.17) is 0 Å². The van der Waals surface area contributed by atoms with Crippen molar-refractivity contribution in [2.45, 2.75) is 31.7 Å². The second-order valence-corrected chi connectivity index (χ2v) is 10.1. The summed E-state index contributed by atoms with van der Waals surface area (Å²) in [5.74, 6) is -0.143. The van der Waals surface area contributed by atoms with Crippen molar-refractivity contribution in [1.82, 2.24) is 19.8 Å². The first-order valence-electron chi connectivity index (χ1n) is 11.2. The number of carbonyl (C=O) groups is 1. The molecule has 1 aliphatic heterocycles. The Bertz CT molecular complexity index is 988. The Kier molecular flexibility index (Phi) is 8.81. The normalized spacial score (nSPS) is 15.6. The number of aryl methyl sites for hydroxylation is 2. The molecule has 2 aromatic rings. The first-order valence-corrected chi connectivity index (χ1v) is 12.6. The lowest BCUT2D eigenvalue weighted by Crippen LogP contribution is -2.48. The average Bonchev–Trinajstić information content (AvgIpc) is 2.75. The summed E-state index contributed by atoms with van der Waals surface area (Å²) in [6.45, 7) is 10.1. The summed E-state index contributed by atoms with van der Waals surface area (Å²) in [5.41, 5.74) is 3.05. The van der Waals surface area contributed by atoms with Gasteiger partial charge in [0.15, 0.2) is 0 Å². The molecule has 0 radical (unpaired) electrons. The van der Waals surface area contributed by atoms with E-state index in [2.05, 4.69) is 44.1 Å². The summed E-state index contributed by atoms with van der Waals surface area (Å²) >= 11 is 0. The highest BCUT2D eigenvalue weighted by molar-refractivity contribution is 7.89. The molecule has 1 aliphatic rings. The molecule has 0 spiro atoms. The Morgan fingerprint density at radius 1 is 0.938 bits per heavy atom. The zero-order valence-electron chi connectivity index (χ0n) is 19.0. The molecule has 0 bridgehead atoms. The first kappa shape index (κ1) is 24.4. The van der Waals surface area contributed by atoms with E-state index in [1.807, 2.05) is 19.1 Å². The van der Waals surface area contributed by atoms with Crippen LogP contribution in [0.15, 0.2) is 53.4 Å². The molecule has 174 valence electrons. The fourth-order valence-corrected chi connectivity index (χ4v) is 5.19. The van der Waals surface area contributed by atoms with Gasteiger partial charge in [0.25, 0.3) is 0 Å². The topological polar surface area (TPSA) is 81.7 Å². The van der Waals surface area contributed by atoms with Gasteiger partial charge in [-0.25, -0.2) is 13.1 Å². The zero-order chi connectivity index (χ0) is 23.0. The van der Waals surface area contributed by atoms with Crippen molar-refractivity contribution < 1.29 is 13.2 Å². The fraction of sp³-hybridized carbons (Fsp3) is 0.458. The van der Waals surface area contributed by atoms with Gasteiger partial charge in [0, 0.05) is 58.8 Å². The molecule has 8 heteroatoms. The highest BCUT2D eigenvalue weighted by Gasteiger charge is 2.18. The lowest BCUT2D eigenvalue weighted by Gasteiger charge is -2.34. The molecular formula is C24H34N4O3S. The average molecular weight is 459 g/mol. The third-order valence-corrected chi connectivity index (χ3v) is 7.35. The maximum atomic E-state index is 12.5. The standard InChI is InChI=1S/C24H34N4O3S/c1-20-8-9-23(21(2)18-20)32(30,31)26-11-10-24(29)25-12-13-27-14-16-28(17-15-27)19-22-6-4-3-5-7-22/h3-9,18,26H,10-17,19H2,1-2H3,(H,25,29). The summed E-state index contributed by atoms with van der Waals surface area (Å²) in [6, 6.07) is 15.7. The second kappa shape index (κ2) is 11.6. The minimum absolute atomic E-state index is 0.0830. The van der Waals surface area contributed by atoms with Crippen molar-refractivity contribution in [2.75, 3.05) is 45.8 Å². The Hall–Kier alpha value is -2.26. The molecule has 0 saturated carbocycles. The van der Waals surface area contributed by atoms with Gasteiger partial charge in [-0.3, -0.25) is 14.6 Å². The van der Waals surface area contributed by atoms with E-state index in [0.717, 1.165) is 44.8 Å². The lowest BCUT2D eigenvalue weighted by molar-refractivity contribution is -0.121. The zero-order valence-corrected chi connectivity index (χ0v) is 19.8. The molecule has 1 fully saturated rings. The van der Waals surface area contributed by atoms with E-state index < -0.39 is 10.0 Å². The van der Waals surface area contributed by atoms with Gasteiger partial charge in [0.2, 0.25) is 15.9 Å². The molecule has 0 atom stereocenters. The SMILES string of the molecule is Cc1ccc(S(=O)(=O)NCCC(=O)NCCN2CCN(Cc3ccccc3)CC2)c(C)c1. The van der Waals surface area contributed by atoms with Crippen molar-refractivity contribution in [1.29, 1.82) is 0 Å². The van der Waals surface area contributed by atoms with Crippen LogP contribution in [0.25, 0.3) is 0 Å². The van der Waals surface area contributed by atoms with Gasteiger partial charge in [-0.05, 0) is 31.0 Å². The highest BCUT2D eigenvalue weighted by atomic mass is 32.2. The summed E-state index contributed by atoms with van der Waals surface area (Å²) in [7, 11) is -3.61. The van der Waals surface area contributed by atoms with E-state index in [-0.39, 0.29) is 23.8 Å². The molecule has 32 heavy (non-hydrogen) atoms. The molecule has 2 aromatic carbocycles. The minimum atomic E-state index is -3.61. The van der Waals surface area contributed by atoms with Crippen molar-refractivity contribution in [3.63, 3.8) is 0 Å². The quantitative estimate of drug-likeness (QED) is 0.568. The van der Waals surface area contributed by atoms with Gasteiger partial charge in [-0.1, -0.05) is 48.0 Å². The van der Waals surface area contributed by atoms with E-state index in [1.165, 1.54) is 5.56 Å². The fourth-order valence-electron chi connectivity index (χ4n) is 3.93. The van der Waals surface area contributed by atoms with Gasteiger partial charge in [0.05, 0.1) is 4.90 Å². The molecule has 2 N–H and O–H groups in total. The largest absolute Gasteiger partial charge is 0.355 e. The molecule has 7 nitrogen and oxygen atoms in total. The van der Waals surface area contributed by atoms with E-state index in [0.29, 0.717) is 12.1 Å². The van der Waals surface area contributed by atoms with Crippen LogP contribution in [0.2, 0.25) is 0 Å².